The summed E-state index contributed by atoms with van der Waals surface area (Å²) in [6.07, 6.45) is 8.30. The summed E-state index contributed by atoms with van der Waals surface area (Å²) in [5.41, 5.74) is 4.43. The molecule has 3 aromatic carbocycles. The predicted octanol–water partition coefficient (Wildman–Crippen LogP) is 5.83. The number of nitrogens with zero attached hydrogens (tertiary/aromatic N) is 1. The van der Waals surface area contributed by atoms with E-state index >= 15 is 0 Å². The summed E-state index contributed by atoms with van der Waals surface area (Å²) >= 11 is 0. The second-order valence-corrected chi connectivity index (χ2v) is 8.66. The van der Waals surface area contributed by atoms with Crippen molar-refractivity contribution in [2.45, 2.75) is 25.4 Å². The first-order valence-electron chi connectivity index (χ1n) is 11.5. The summed E-state index contributed by atoms with van der Waals surface area (Å²) in [5, 5.41) is 3.19. The molecule has 0 saturated carbocycles. The SMILES string of the molecule is O=C(N[C@H]1CCN(Cc2ccccc2)C1)c1ccc(Oc2cccc(C3=CC=CC3)c2)cc1. The van der Waals surface area contributed by atoms with Crippen molar-refractivity contribution in [1.29, 1.82) is 0 Å². The van der Waals surface area contributed by atoms with Crippen LogP contribution >= 0.6 is 0 Å². The summed E-state index contributed by atoms with van der Waals surface area (Å²) in [5.74, 6) is 1.48. The molecule has 0 radical (unpaired) electrons. The second-order valence-electron chi connectivity index (χ2n) is 8.66. The van der Waals surface area contributed by atoms with Crippen LogP contribution in [0.2, 0.25) is 0 Å². The van der Waals surface area contributed by atoms with Gasteiger partial charge in [0.25, 0.3) is 5.91 Å². The van der Waals surface area contributed by atoms with Crippen LogP contribution in [0.15, 0.2) is 97.1 Å². The van der Waals surface area contributed by atoms with Crippen LogP contribution in [-0.4, -0.2) is 29.9 Å². The van der Waals surface area contributed by atoms with Gasteiger partial charge in [-0.15, -0.1) is 0 Å². The zero-order valence-corrected chi connectivity index (χ0v) is 18.6. The fourth-order valence-electron chi connectivity index (χ4n) is 4.44. The molecule has 1 atom stereocenters. The zero-order valence-electron chi connectivity index (χ0n) is 18.6. The summed E-state index contributed by atoms with van der Waals surface area (Å²) < 4.78 is 6.03. The molecule has 3 aromatic rings. The molecule has 1 aliphatic carbocycles. The van der Waals surface area contributed by atoms with Gasteiger partial charge in [-0.25, -0.2) is 0 Å². The van der Waals surface area contributed by atoms with Gasteiger partial charge in [-0.05, 0) is 65.9 Å². The molecule has 0 bridgehead atoms. The molecule has 4 heteroatoms. The van der Waals surface area contributed by atoms with Gasteiger partial charge < -0.3 is 10.1 Å². The quantitative estimate of drug-likeness (QED) is 0.507. The number of rotatable bonds is 7. The number of nitrogens with one attached hydrogen (secondary N) is 1. The summed E-state index contributed by atoms with van der Waals surface area (Å²) in [7, 11) is 0. The van der Waals surface area contributed by atoms with Crippen LogP contribution in [0.4, 0.5) is 0 Å². The Morgan fingerprint density at radius 2 is 1.82 bits per heavy atom. The van der Waals surface area contributed by atoms with E-state index in [9.17, 15) is 4.79 Å². The van der Waals surface area contributed by atoms with E-state index in [0.717, 1.165) is 44.0 Å². The fraction of sp³-hybridized carbons (Fsp3) is 0.207. The minimum absolute atomic E-state index is 0.0317. The molecule has 1 N–H and O–H groups in total. The lowest BCUT2D eigenvalue weighted by atomic mass is 10.1. The molecule has 1 saturated heterocycles. The molecule has 1 heterocycles. The van der Waals surface area contributed by atoms with Crippen molar-refractivity contribution in [3.63, 3.8) is 0 Å². The molecule has 1 aliphatic heterocycles. The number of hydrogen-bond donors (Lipinski definition) is 1. The Kier molecular flexibility index (Phi) is 6.36. The Labute approximate surface area is 195 Å². The zero-order chi connectivity index (χ0) is 22.5. The van der Waals surface area contributed by atoms with Crippen LogP contribution in [0.5, 0.6) is 11.5 Å². The maximum absolute atomic E-state index is 12.7. The van der Waals surface area contributed by atoms with E-state index in [1.807, 2.05) is 42.5 Å². The molecule has 0 spiro atoms. The number of ether oxygens (including phenoxy) is 1. The van der Waals surface area contributed by atoms with Gasteiger partial charge in [0.05, 0.1) is 0 Å². The van der Waals surface area contributed by atoms with Crippen LogP contribution < -0.4 is 10.1 Å². The molecule has 0 aromatic heterocycles. The van der Waals surface area contributed by atoms with Crippen molar-refractivity contribution in [3.05, 3.63) is 114 Å². The Morgan fingerprint density at radius 3 is 2.61 bits per heavy atom. The average molecular weight is 437 g/mol. The number of likely N-dealkylation sites (tertiary alicyclic amines) is 1. The Bertz CT molecular complexity index is 1170. The second kappa shape index (κ2) is 9.88. The van der Waals surface area contributed by atoms with Crippen LogP contribution in [0.25, 0.3) is 5.57 Å². The van der Waals surface area contributed by atoms with E-state index < -0.39 is 0 Å². The first-order valence-corrected chi connectivity index (χ1v) is 11.5. The first kappa shape index (κ1) is 21.2. The fourth-order valence-corrected chi connectivity index (χ4v) is 4.44. The topological polar surface area (TPSA) is 41.6 Å². The monoisotopic (exact) mass is 436 g/mol. The number of allylic oxidation sites excluding steroid dienone is 4. The Morgan fingerprint density at radius 1 is 0.970 bits per heavy atom. The Hall–Kier alpha value is -3.63. The number of amides is 1. The number of benzene rings is 3. The smallest absolute Gasteiger partial charge is 0.251 e. The van der Waals surface area contributed by atoms with E-state index in [0.29, 0.717) is 5.56 Å². The molecule has 2 aliphatic rings. The molecule has 4 nitrogen and oxygen atoms in total. The maximum atomic E-state index is 12.7. The van der Waals surface area contributed by atoms with Gasteiger partial charge in [0.1, 0.15) is 11.5 Å². The summed E-state index contributed by atoms with van der Waals surface area (Å²) in [6, 6.07) is 26.1. The van der Waals surface area contributed by atoms with E-state index in [2.05, 4.69) is 64.8 Å². The highest BCUT2D eigenvalue weighted by Gasteiger charge is 2.24. The van der Waals surface area contributed by atoms with E-state index in [4.69, 9.17) is 4.74 Å². The molecular weight excluding hydrogens is 408 g/mol. The van der Waals surface area contributed by atoms with Crippen molar-refractivity contribution < 1.29 is 9.53 Å². The van der Waals surface area contributed by atoms with Crippen molar-refractivity contribution >= 4 is 11.5 Å². The lowest BCUT2D eigenvalue weighted by Gasteiger charge is -2.17. The highest BCUT2D eigenvalue weighted by molar-refractivity contribution is 5.94. The molecule has 0 unspecified atom stereocenters. The first-order chi connectivity index (χ1) is 16.2. The van der Waals surface area contributed by atoms with Crippen LogP contribution in [-0.2, 0) is 6.54 Å². The van der Waals surface area contributed by atoms with Crippen molar-refractivity contribution in [2.24, 2.45) is 0 Å². The van der Waals surface area contributed by atoms with Crippen LogP contribution in [0.1, 0.15) is 34.3 Å². The van der Waals surface area contributed by atoms with Gasteiger partial charge in [-0.2, -0.15) is 0 Å². The Balaban J connectivity index is 1.15. The van der Waals surface area contributed by atoms with Gasteiger partial charge in [0, 0.05) is 31.2 Å². The van der Waals surface area contributed by atoms with Crippen molar-refractivity contribution in [2.75, 3.05) is 13.1 Å². The number of carbonyl (C=O) groups is 1. The molecule has 5 rings (SSSR count). The van der Waals surface area contributed by atoms with Crippen molar-refractivity contribution in [3.8, 4) is 11.5 Å². The number of carbonyl (C=O) groups excluding carboxylic acids is 1. The minimum atomic E-state index is -0.0317. The van der Waals surface area contributed by atoms with Gasteiger partial charge in [0.15, 0.2) is 0 Å². The summed E-state index contributed by atoms with van der Waals surface area (Å²) in [4.78, 5) is 15.1. The summed E-state index contributed by atoms with van der Waals surface area (Å²) in [6.45, 7) is 2.80. The standard InChI is InChI=1S/C29H28N2O2/c32-29(30-26-17-18-31(21-26)20-22-7-2-1-3-8-22)24-13-15-27(16-14-24)33-28-12-6-11-25(19-28)23-9-4-5-10-23/h1-9,11-16,19,26H,10,17-18,20-21H2,(H,30,32)/t26-/m0/s1. The minimum Gasteiger partial charge on any atom is -0.457 e. The van der Waals surface area contributed by atoms with Crippen LogP contribution in [0.3, 0.4) is 0 Å². The van der Waals surface area contributed by atoms with Gasteiger partial charge >= 0.3 is 0 Å². The predicted molar refractivity (Wildman–Crippen MR) is 132 cm³/mol. The highest BCUT2D eigenvalue weighted by Crippen LogP contribution is 2.28. The normalized spacial score (nSPS) is 17.7. The van der Waals surface area contributed by atoms with E-state index in [1.165, 1.54) is 16.7 Å². The third kappa shape index (κ3) is 5.41. The van der Waals surface area contributed by atoms with Crippen molar-refractivity contribution in [1.82, 2.24) is 10.2 Å². The van der Waals surface area contributed by atoms with Gasteiger partial charge in [-0.1, -0.05) is 60.7 Å². The highest BCUT2D eigenvalue weighted by atomic mass is 16.5. The van der Waals surface area contributed by atoms with Gasteiger partial charge in [0.2, 0.25) is 0 Å². The average Bonchev–Trinajstić information content (AvgIpc) is 3.53. The van der Waals surface area contributed by atoms with E-state index in [1.54, 1.807) is 0 Å². The maximum Gasteiger partial charge on any atom is 0.251 e. The third-order valence-corrected chi connectivity index (χ3v) is 6.18. The largest absolute Gasteiger partial charge is 0.457 e. The number of hydrogen-bond acceptors (Lipinski definition) is 3. The molecule has 1 fully saturated rings. The van der Waals surface area contributed by atoms with E-state index in [-0.39, 0.29) is 11.9 Å². The lowest BCUT2D eigenvalue weighted by Crippen LogP contribution is -2.36. The molecule has 166 valence electrons. The lowest BCUT2D eigenvalue weighted by molar-refractivity contribution is 0.0937. The van der Waals surface area contributed by atoms with Crippen LogP contribution in [0, 0.1) is 0 Å². The molecule has 33 heavy (non-hydrogen) atoms. The molecular formula is C29H28N2O2. The molecule has 1 amide bonds. The third-order valence-electron chi connectivity index (χ3n) is 6.18. The van der Waals surface area contributed by atoms with Gasteiger partial charge in [-0.3, -0.25) is 9.69 Å².